The Morgan fingerprint density at radius 2 is 2.25 bits per heavy atom. The Morgan fingerprint density at radius 1 is 1.50 bits per heavy atom. The quantitative estimate of drug-likeness (QED) is 0.884. The second-order valence-corrected chi connectivity index (χ2v) is 7.55. The molecule has 20 heavy (non-hydrogen) atoms. The highest BCUT2D eigenvalue weighted by atomic mass is 79.9. The molecular weight excluding hydrogens is 346 g/mol. The lowest BCUT2D eigenvalue weighted by Crippen LogP contribution is -2.42. The van der Waals surface area contributed by atoms with Gasteiger partial charge in [0.2, 0.25) is 10.0 Å². The molecule has 0 amide bonds. The van der Waals surface area contributed by atoms with Crippen molar-refractivity contribution in [3.63, 3.8) is 0 Å². The highest BCUT2D eigenvalue weighted by molar-refractivity contribution is 9.10. The molecule has 0 spiro atoms. The van der Waals surface area contributed by atoms with Gasteiger partial charge in [-0.3, -0.25) is 0 Å². The highest BCUT2D eigenvalue weighted by Gasteiger charge is 2.31. The molecular formula is C13H18BrNO4S. The number of halogens is 1. The van der Waals surface area contributed by atoms with E-state index in [0.29, 0.717) is 23.1 Å². The lowest BCUT2D eigenvalue weighted by atomic mass is 10.1. The number of methoxy groups -OCH3 is 1. The molecule has 1 aromatic carbocycles. The smallest absolute Gasteiger partial charge is 0.244 e. The third-order valence-electron chi connectivity index (χ3n) is 3.47. The molecule has 1 aromatic rings. The molecule has 0 aliphatic carbocycles. The number of aliphatic hydroxyl groups is 1. The van der Waals surface area contributed by atoms with Crippen LogP contribution in [0.1, 0.15) is 18.4 Å². The monoisotopic (exact) mass is 363 g/mol. The maximum Gasteiger partial charge on any atom is 0.244 e. The topological polar surface area (TPSA) is 66.8 Å². The number of hydrogen-bond donors (Lipinski definition) is 1. The number of hydrogen-bond acceptors (Lipinski definition) is 4. The molecule has 1 heterocycles. The van der Waals surface area contributed by atoms with E-state index < -0.39 is 10.0 Å². The van der Waals surface area contributed by atoms with Gasteiger partial charge in [-0.2, -0.15) is 4.31 Å². The van der Waals surface area contributed by atoms with E-state index >= 15 is 0 Å². The van der Waals surface area contributed by atoms with Crippen molar-refractivity contribution < 1.29 is 18.3 Å². The molecule has 7 heteroatoms. The Bertz CT molecular complexity index is 576. The van der Waals surface area contributed by atoms with Gasteiger partial charge in [-0.1, -0.05) is 6.07 Å². The molecule has 1 aliphatic heterocycles. The summed E-state index contributed by atoms with van der Waals surface area (Å²) in [7, 11) is -1.93. The summed E-state index contributed by atoms with van der Waals surface area (Å²) in [6.07, 6.45) is 1.63. The molecule has 0 aromatic heterocycles. The lowest BCUT2D eigenvalue weighted by Gasteiger charge is -2.31. The van der Waals surface area contributed by atoms with Crippen LogP contribution in [-0.4, -0.2) is 44.1 Å². The van der Waals surface area contributed by atoms with E-state index in [1.54, 1.807) is 19.2 Å². The average Bonchev–Trinajstić information content (AvgIpc) is 2.46. The summed E-state index contributed by atoms with van der Waals surface area (Å²) in [6, 6.07) is 4.78. The molecule has 0 saturated carbocycles. The first-order valence-electron chi connectivity index (χ1n) is 6.41. The zero-order valence-electron chi connectivity index (χ0n) is 11.3. The molecule has 5 nitrogen and oxygen atoms in total. The summed E-state index contributed by atoms with van der Waals surface area (Å²) >= 11 is 3.27. The van der Waals surface area contributed by atoms with Crippen molar-refractivity contribution in [1.29, 1.82) is 0 Å². The van der Waals surface area contributed by atoms with Crippen LogP contribution in [0.2, 0.25) is 0 Å². The summed E-state index contributed by atoms with van der Waals surface area (Å²) in [5, 5.41) is 9.07. The number of nitrogens with zero attached hydrogens (tertiary/aromatic N) is 1. The van der Waals surface area contributed by atoms with Gasteiger partial charge >= 0.3 is 0 Å². The molecule has 1 unspecified atom stereocenters. The van der Waals surface area contributed by atoms with Gasteiger partial charge in [0.1, 0.15) is 0 Å². The lowest BCUT2D eigenvalue weighted by molar-refractivity contribution is 0.0571. The third-order valence-corrected chi connectivity index (χ3v) is 6.31. The molecule has 1 atom stereocenters. The zero-order chi connectivity index (χ0) is 14.8. The predicted molar refractivity (Wildman–Crippen MR) is 78.9 cm³/mol. The number of piperidine rings is 1. The summed E-state index contributed by atoms with van der Waals surface area (Å²) in [4.78, 5) is 0.228. The molecule has 0 radical (unpaired) electrons. The van der Waals surface area contributed by atoms with Crippen molar-refractivity contribution in [2.75, 3.05) is 20.2 Å². The minimum atomic E-state index is -3.54. The van der Waals surface area contributed by atoms with Crippen LogP contribution in [0.25, 0.3) is 0 Å². The average molecular weight is 364 g/mol. The molecule has 1 aliphatic rings. The number of ether oxygens (including phenoxy) is 1. The van der Waals surface area contributed by atoms with Crippen LogP contribution in [0, 0.1) is 0 Å². The SMILES string of the molecule is COC1CCCN(S(=O)(=O)c2ccc(CO)cc2Br)C1. The van der Waals surface area contributed by atoms with Crippen LogP contribution in [0.15, 0.2) is 27.6 Å². The number of rotatable bonds is 4. The minimum absolute atomic E-state index is 0.0472. The summed E-state index contributed by atoms with van der Waals surface area (Å²) in [5.41, 5.74) is 0.671. The zero-order valence-corrected chi connectivity index (χ0v) is 13.7. The van der Waals surface area contributed by atoms with Gasteiger partial charge in [0.15, 0.2) is 0 Å². The summed E-state index contributed by atoms with van der Waals surface area (Å²) in [6.45, 7) is 0.776. The van der Waals surface area contributed by atoms with Gasteiger partial charge in [0.05, 0.1) is 17.6 Å². The van der Waals surface area contributed by atoms with E-state index in [1.807, 2.05) is 0 Å². The Hall–Kier alpha value is -0.470. The Kier molecular flexibility index (Phi) is 5.19. The van der Waals surface area contributed by atoms with Gasteiger partial charge in [-0.05, 0) is 46.5 Å². The Labute approximate surface area is 127 Å². The molecule has 0 bridgehead atoms. The van der Waals surface area contributed by atoms with Crippen LogP contribution >= 0.6 is 15.9 Å². The van der Waals surface area contributed by atoms with E-state index in [4.69, 9.17) is 9.84 Å². The number of benzene rings is 1. The highest BCUT2D eigenvalue weighted by Crippen LogP contribution is 2.28. The maximum atomic E-state index is 12.6. The van der Waals surface area contributed by atoms with Crippen molar-refractivity contribution in [3.8, 4) is 0 Å². The van der Waals surface area contributed by atoms with Crippen LogP contribution < -0.4 is 0 Å². The molecule has 1 N–H and O–H groups in total. The standard InChI is InChI=1S/C13H18BrNO4S/c1-19-11-3-2-6-15(8-11)20(17,18)13-5-4-10(9-16)7-12(13)14/h4-5,7,11,16H,2-3,6,8-9H2,1H3. The molecule has 1 fully saturated rings. The van der Waals surface area contributed by atoms with Crippen molar-refractivity contribution in [3.05, 3.63) is 28.2 Å². The van der Waals surface area contributed by atoms with E-state index in [0.717, 1.165) is 12.8 Å². The van der Waals surface area contributed by atoms with Crippen molar-refractivity contribution >= 4 is 26.0 Å². The number of sulfonamides is 1. The third kappa shape index (κ3) is 3.23. The first-order valence-corrected chi connectivity index (χ1v) is 8.64. The van der Waals surface area contributed by atoms with Crippen LogP contribution in [-0.2, 0) is 21.4 Å². The van der Waals surface area contributed by atoms with Crippen molar-refractivity contribution in [1.82, 2.24) is 4.31 Å². The van der Waals surface area contributed by atoms with Crippen LogP contribution in [0.4, 0.5) is 0 Å². The van der Waals surface area contributed by atoms with E-state index in [9.17, 15) is 8.42 Å². The fourth-order valence-electron chi connectivity index (χ4n) is 2.31. The van der Waals surface area contributed by atoms with Crippen LogP contribution in [0.3, 0.4) is 0 Å². The largest absolute Gasteiger partial charge is 0.392 e. The minimum Gasteiger partial charge on any atom is -0.392 e. The fraction of sp³-hybridized carbons (Fsp3) is 0.538. The van der Waals surface area contributed by atoms with Gasteiger partial charge in [0.25, 0.3) is 0 Å². The molecule has 1 saturated heterocycles. The maximum absolute atomic E-state index is 12.6. The summed E-state index contributed by atoms with van der Waals surface area (Å²) < 4.78 is 32.5. The predicted octanol–water partition coefficient (Wildman–Crippen LogP) is 1.74. The molecule has 2 rings (SSSR count). The van der Waals surface area contributed by atoms with E-state index in [1.165, 1.54) is 10.4 Å². The first kappa shape index (κ1) is 15.9. The van der Waals surface area contributed by atoms with Crippen molar-refractivity contribution in [2.45, 2.75) is 30.4 Å². The fourth-order valence-corrected chi connectivity index (χ4v) is 4.90. The normalized spacial score (nSPS) is 21.1. The van der Waals surface area contributed by atoms with Gasteiger partial charge in [-0.15, -0.1) is 0 Å². The first-order chi connectivity index (χ1) is 9.48. The second-order valence-electron chi connectivity index (χ2n) is 4.79. The van der Waals surface area contributed by atoms with Gasteiger partial charge in [-0.25, -0.2) is 8.42 Å². The second kappa shape index (κ2) is 6.53. The van der Waals surface area contributed by atoms with Gasteiger partial charge in [0, 0.05) is 24.7 Å². The van der Waals surface area contributed by atoms with E-state index in [2.05, 4.69) is 15.9 Å². The summed E-state index contributed by atoms with van der Waals surface area (Å²) in [5.74, 6) is 0. The van der Waals surface area contributed by atoms with Gasteiger partial charge < -0.3 is 9.84 Å². The number of aliphatic hydroxyl groups excluding tert-OH is 1. The van der Waals surface area contributed by atoms with Crippen molar-refractivity contribution in [2.24, 2.45) is 0 Å². The molecule has 112 valence electrons. The van der Waals surface area contributed by atoms with E-state index in [-0.39, 0.29) is 17.6 Å². The van der Waals surface area contributed by atoms with Crippen LogP contribution in [0.5, 0.6) is 0 Å². The Balaban J connectivity index is 2.30. The Morgan fingerprint density at radius 3 is 2.85 bits per heavy atom.